The van der Waals surface area contributed by atoms with Gasteiger partial charge in [-0.25, -0.2) is 9.59 Å². The Bertz CT molecular complexity index is 2070. The number of carbonyl (C=O) groups excluding carboxylic acids is 4. The number of hydrogen-bond donors (Lipinski definition) is 2. The van der Waals surface area contributed by atoms with Gasteiger partial charge < -0.3 is 30.6 Å². The molecule has 59 heavy (non-hydrogen) atoms. The number of aliphatic imine (C=N–C) groups is 1. The molecule has 2 atom stereocenters. The lowest BCUT2D eigenvalue weighted by molar-refractivity contribution is -0.148. The molecule has 0 radical (unpaired) electrons. The zero-order valence-electron chi connectivity index (χ0n) is 33.0. The highest BCUT2D eigenvalue weighted by Crippen LogP contribution is 2.47. The summed E-state index contributed by atoms with van der Waals surface area (Å²) in [6.07, 6.45) is -0.740. The van der Waals surface area contributed by atoms with E-state index in [1.807, 2.05) is 97.1 Å². The van der Waals surface area contributed by atoms with Crippen LogP contribution in [0.25, 0.3) is 0 Å². The maximum absolute atomic E-state index is 15.8. The van der Waals surface area contributed by atoms with E-state index in [0.29, 0.717) is 32.9 Å². The molecule has 0 unspecified atom stereocenters. The summed E-state index contributed by atoms with van der Waals surface area (Å²) in [4.78, 5) is 65.7. The quantitative estimate of drug-likeness (QED) is 0.0544. The van der Waals surface area contributed by atoms with Crippen molar-refractivity contribution < 1.29 is 33.4 Å². The molecule has 12 heteroatoms. The van der Waals surface area contributed by atoms with Gasteiger partial charge in [-0.1, -0.05) is 133 Å². The van der Waals surface area contributed by atoms with Crippen LogP contribution >= 0.6 is 0 Å². The summed E-state index contributed by atoms with van der Waals surface area (Å²) in [7, 11) is 1.57. The van der Waals surface area contributed by atoms with Crippen LogP contribution < -0.4 is 16.2 Å². The second-order valence-electron chi connectivity index (χ2n) is 14.3. The molecule has 6 rings (SSSR count). The van der Waals surface area contributed by atoms with Crippen molar-refractivity contribution in [3.8, 4) is 5.75 Å². The molecule has 0 heterocycles. The van der Waals surface area contributed by atoms with Gasteiger partial charge in [0.2, 0.25) is 5.91 Å². The Labute approximate surface area is 344 Å². The third-order valence-corrected chi connectivity index (χ3v) is 10.1. The lowest BCUT2D eigenvalue weighted by Gasteiger charge is -2.41. The zero-order valence-corrected chi connectivity index (χ0v) is 33.0. The van der Waals surface area contributed by atoms with Crippen molar-refractivity contribution in [1.82, 2.24) is 9.80 Å². The number of rotatable bonds is 17. The van der Waals surface area contributed by atoms with Crippen LogP contribution in [0.15, 0.2) is 151 Å². The monoisotopic (exact) mass is 795 g/mol. The first-order valence-corrected chi connectivity index (χ1v) is 19.6. The molecule has 4 N–H and O–H groups in total. The summed E-state index contributed by atoms with van der Waals surface area (Å²) < 4.78 is 16.8. The molecule has 0 saturated heterocycles. The van der Waals surface area contributed by atoms with Crippen molar-refractivity contribution in [2.45, 2.75) is 56.9 Å². The third kappa shape index (κ3) is 11.1. The van der Waals surface area contributed by atoms with Crippen LogP contribution in [-0.2, 0) is 32.3 Å². The molecule has 4 amide bonds. The van der Waals surface area contributed by atoms with Gasteiger partial charge in [0.1, 0.15) is 25.0 Å². The van der Waals surface area contributed by atoms with Crippen molar-refractivity contribution >= 4 is 30.0 Å². The fourth-order valence-corrected chi connectivity index (χ4v) is 7.12. The highest BCUT2D eigenvalue weighted by Gasteiger charge is 2.48. The van der Waals surface area contributed by atoms with Crippen LogP contribution in [0.2, 0.25) is 0 Å². The number of hydrogen-bond acceptors (Lipinski definition) is 8. The lowest BCUT2D eigenvalue weighted by atomic mass is 9.87. The van der Waals surface area contributed by atoms with E-state index in [1.165, 1.54) is 0 Å². The summed E-state index contributed by atoms with van der Waals surface area (Å²) >= 11 is 0. The van der Waals surface area contributed by atoms with E-state index in [9.17, 15) is 9.59 Å². The Morgan fingerprint density at radius 2 is 1.12 bits per heavy atom. The molecule has 304 valence electrons. The van der Waals surface area contributed by atoms with E-state index in [2.05, 4.69) is 4.99 Å². The fourth-order valence-electron chi connectivity index (χ4n) is 7.12. The highest BCUT2D eigenvalue weighted by molar-refractivity contribution is 6.09. The summed E-state index contributed by atoms with van der Waals surface area (Å²) in [5.41, 5.74) is 14.8. The second-order valence-corrected chi connectivity index (χ2v) is 14.3. The SMILES string of the molecule is COc1ccc([C@H](C2CC2)N(C(=O)C(c2ccccc2)c2ccccc2)[C@H](CCCN=C(N)N)C(=O)N(C(=O)OCc2ccccc2)C(=O)OCc2ccccc2)cc1. The van der Waals surface area contributed by atoms with Crippen LogP contribution in [0.1, 0.15) is 65.5 Å². The average molecular weight is 796 g/mol. The zero-order chi connectivity index (χ0) is 41.6. The van der Waals surface area contributed by atoms with Crippen LogP contribution in [0, 0.1) is 5.92 Å². The summed E-state index contributed by atoms with van der Waals surface area (Å²) in [5.74, 6) is -1.82. The number of benzene rings is 5. The van der Waals surface area contributed by atoms with Crippen LogP contribution in [0.5, 0.6) is 5.75 Å². The van der Waals surface area contributed by atoms with Crippen molar-refractivity contribution in [3.05, 3.63) is 173 Å². The van der Waals surface area contributed by atoms with Crippen LogP contribution in [0.4, 0.5) is 9.59 Å². The van der Waals surface area contributed by atoms with Gasteiger partial charge in [0, 0.05) is 6.54 Å². The molecule has 1 fully saturated rings. The van der Waals surface area contributed by atoms with Crippen LogP contribution in [-0.4, -0.2) is 59.5 Å². The Kier molecular flexibility index (Phi) is 14.5. The van der Waals surface area contributed by atoms with Crippen molar-refractivity contribution in [3.63, 3.8) is 0 Å². The number of guanidine groups is 1. The van der Waals surface area contributed by atoms with Gasteiger partial charge in [-0.3, -0.25) is 14.6 Å². The first-order chi connectivity index (χ1) is 28.7. The largest absolute Gasteiger partial charge is 0.497 e. The number of methoxy groups -OCH3 is 1. The minimum Gasteiger partial charge on any atom is -0.497 e. The van der Waals surface area contributed by atoms with Gasteiger partial charge in [0.05, 0.1) is 19.1 Å². The summed E-state index contributed by atoms with van der Waals surface area (Å²) in [6.45, 7) is -0.343. The van der Waals surface area contributed by atoms with Gasteiger partial charge in [-0.15, -0.1) is 4.90 Å². The lowest BCUT2D eigenvalue weighted by Crippen LogP contribution is -2.56. The van der Waals surface area contributed by atoms with Crippen LogP contribution in [0.3, 0.4) is 0 Å². The molecule has 12 nitrogen and oxygen atoms in total. The van der Waals surface area contributed by atoms with Gasteiger partial charge in [0.15, 0.2) is 5.96 Å². The Morgan fingerprint density at radius 1 is 0.644 bits per heavy atom. The van der Waals surface area contributed by atoms with E-state index >= 15 is 9.59 Å². The maximum Gasteiger partial charge on any atom is 0.426 e. The topological polar surface area (TPSA) is 167 Å². The molecule has 0 aliphatic heterocycles. The van der Waals surface area contributed by atoms with Crippen molar-refractivity contribution in [2.75, 3.05) is 13.7 Å². The number of imide groups is 3. The normalized spacial score (nSPS) is 13.1. The number of ether oxygens (including phenoxy) is 3. The third-order valence-electron chi connectivity index (χ3n) is 10.1. The molecular formula is C47H49N5O7. The first kappa shape index (κ1) is 41.7. The molecule has 1 saturated carbocycles. The Hall–Kier alpha value is -6.95. The smallest absolute Gasteiger partial charge is 0.426 e. The van der Waals surface area contributed by atoms with E-state index in [4.69, 9.17) is 25.7 Å². The Morgan fingerprint density at radius 3 is 1.56 bits per heavy atom. The molecule has 0 aromatic heterocycles. The number of nitrogens with two attached hydrogens (primary N) is 2. The molecule has 0 bridgehead atoms. The number of amides is 4. The van der Waals surface area contributed by atoms with E-state index in [1.54, 1.807) is 60.5 Å². The molecular weight excluding hydrogens is 747 g/mol. The molecule has 5 aromatic rings. The maximum atomic E-state index is 15.8. The van der Waals surface area contributed by atoms with Gasteiger partial charge in [-0.05, 0) is 71.6 Å². The average Bonchev–Trinajstić information content (AvgIpc) is 4.11. The van der Waals surface area contributed by atoms with Gasteiger partial charge in [-0.2, -0.15) is 0 Å². The van der Waals surface area contributed by atoms with E-state index in [-0.39, 0.29) is 44.5 Å². The molecule has 1 aliphatic rings. The molecule has 5 aromatic carbocycles. The summed E-state index contributed by atoms with van der Waals surface area (Å²) in [5, 5.41) is 0. The number of carbonyl (C=O) groups is 4. The summed E-state index contributed by atoms with van der Waals surface area (Å²) in [6, 6.07) is 41.8. The Balaban J connectivity index is 1.49. The number of nitrogens with zero attached hydrogens (tertiary/aromatic N) is 3. The van der Waals surface area contributed by atoms with E-state index < -0.39 is 42.0 Å². The van der Waals surface area contributed by atoms with Gasteiger partial charge >= 0.3 is 12.2 Å². The minimum atomic E-state index is -1.40. The predicted octanol–water partition coefficient (Wildman–Crippen LogP) is 7.73. The van der Waals surface area contributed by atoms with E-state index in [0.717, 1.165) is 18.4 Å². The fraction of sp³-hybridized carbons (Fsp3) is 0.255. The molecule has 0 spiro atoms. The predicted molar refractivity (Wildman–Crippen MR) is 224 cm³/mol. The van der Waals surface area contributed by atoms with Crippen molar-refractivity contribution in [2.24, 2.45) is 22.4 Å². The second kappa shape index (κ2) is 20.5. The minimum absolute atomic E-state index is 0.0224. The highest BCUT2D eigenvalue weighted by atomic mass is 16.6. The van der Waals surface area contributed by atoms with Gasteiger partial charge in [0.25, 0.3) is 5.91 Å². The van der Waals surface area contributed by atoms with Crippen molar-refractivity contribution in [1.29, 1.82) is 0 Å². The first-order valence-electron chi connectivity index (χ1n) is 19.6. The molecule has 1 aliphatic carbocycles. The standard InChI is InChI=1S/C47H49N5O7/c1-57-39-28-26-38(27-29-39)42(37-24-25-37)51(44(54)41(35-19-10-4-11-20-35)36-21-12-5-13-22-36)40(23-14-30-50-45(48)49)43(53)52(46(55)58-31-33-15-6-2-7-16-33)47(56)59-32-34-17-8-3-9-18-34/h2-13,15-22,26-29,37,40-42H,14,23-25,30-32H2,1H3,(H4,48,49,50)/t40-,42+/m1/s1.